The van der Waals surface area contributed by atoms with Crippen LogP contribution in [0.15, 0.2) is 0 Å². The van der Waals surface area contributed by atoms with Gasteiger partial charge in [-0.05, 0) is 88.8 Å². The molecule has 6 heteroatoms. The van der Waals surface area contributed by atoms with Crippen LogP contribution in [-0.2, 0) is 19.1 Å². The molecule has 0 aromatic carbocycles. The summed E-state index contributed by atoms with van der Waals surface area (Å²) >= 11 is 0. The number of rotatable bonds is 42. The number of nitrogens with zero attached hydrogens (tertiary/aromatic N) is 1. The Balaban J connectivity index is 4.19. The third-order valence-corrected chi connectivity index (χ3v) is 11.1. The molecular weight excluding hydrogens is 659 g/mol. The number of aliphatic hydroxyl groups is 1. The van der Waals surface area contributed by atoms with Gasteiger partial charge in [0.2, 0.25) is 0 Å². The lowest BCUT2D eigenvalue weighted by Crippen LogP contribution is -2.27. The van der Waals surface area contributed by atoms with E-state index in [1.165, 1.54) is 141 Å². The Bertz CT molecular complexity index is 773. The maximum absolute atomic E-state index is 12.6. The maximum atomic E-state index is 12.6. The number of aliphatic hydroxyl groups excluding tert-OH is 1. The molecule has 53 heavy (non-hydrogen) atoms. The highest BCUT2D eigenvalue weighted by atomic mass is 16.5. The molecule has 0 bridgehead atoms. The van der Waals surface area contributed by atoms with Crippen molar-refractivity contribution < 1.29 is 24.2 Å². The predicted molar refractivity (Wildman–Crippen MR) is 227 cm³/mol. The zero-order valence-corrected chi connectivity index (χ0v) is 36.5. The van der Waals surface area contributed by atoms with Crippen LogP contribution in [0.4, 0.5) is 0 Å². The van der Waals surface area contributed by atoms with E-state index in [9.17, 15) is 14.7 Å². The van der Waals surface area contributed by atoms with Crippen LogP contribution in [0.3, 0.4) is 0 Å². The van der Waals surface area contributed by atoms with Gasteiger partial charge in [-0.25, -0.2) is 0 Å². The summed E-state index contributed by atoms with van der Waals surface area (Å²) in [4.78, 5) is 27.4. The number of unbranched alkanes of at least 4 members (excludes halogenated alkanes) is 21. The van der Waals surface area contributed by atoms with Crippen LogP contribution < -0.4 is 0 Å². The van der Waals surface area contributed by atoms with E-state index in [4.69, 9.17) is 9.47 Å². The number of carbonyl (C=O) groups excluding carboxylic acids is 2. The minimum Gasteiger partial charge on any atom is -0.465 e. The van der Waals surface area contributed by atoms with Gasteiger partial charge in [0.25, 0.3) is 0 Å². The summed E-state index contributed by atoms with van der Waals surface area (Å²) < 4.78 is 11.5. The molecule has 0 aliphatic heterocycles. The maximum Gasteiger partial charge on any atom is 0.305 e. The van der Waals surface area contributed by atoms with Gasteiger partial charge in [-0.15, -0.1) is 0 Å². The van der Waals surface area contributed by atoms with E-state index in [-0.39, 0.29) is 24.0 Å². The Kier molecular flexibility index (Phi) is 38.3. The highest BCUT2D eigenvalue weighted by Crippen LogP contribution is 2.25. The first kappa shape index (κ1) is 51.9. The van der Waals surface area contributed by atoms with Gasteiger partial charge in [-0.2, -0.15) is 0 Å². The normalized spacial score (nSPS) is 11.9. The Labute approximate surface area is 331 Å². The van der Waals surface area contributed by atoms with Gasteiger partial charge in [0, 0.05) is 19.4 Å². The van der Waals surface area contributed by atoms with E-state index in [2.05, 4.69) is 39.5 Å². The molecule has 0 aromatic rings. The van der Waals surface area contributed by atoms with Crippen LogP contribution >= 0.6 is 0 Å². The molecule has 0 spiro atoms. The molecule has 0 rings (SSSR count). The molecule has 0 atom stereocenters. The molecule has 0 heterocycles. The Morgan fingerprint density at radius 2 is 0.906 bits per heavy atom. The zero-order chi connectivity index (χ0) is 39.1. The number of ether oxygens (including phenoxy) is 2. The van der Waals surface area contributed by atoms with Crippen molar-refractivity contribution in [2.24, 2.45) is 11.3 Å². The molecule has 0 aliphatic carbocycles. The molecular formula is C47H93NO5. The van der Waals surface area contributed by atoms with Crippen molar-refractivity contribution in [1.29, 1.82) is 0 Å². The molecule has 0 radical (unpaired) electrons. The molecule has 316 valence electrons. The van der Waals surface area contributed by atoms with Crippen LogP contribution in [0.1, 0.15) is 240 Å². The largest absolute Gasteiger partial charge is 0.465 e. The third kappa shape index (κ3) is 37.6. The lowest BCUT2D eigenvalue weighted by Gasteiger charge is -2.25. The minimum absolute atomic E-state index is 0.00484. The van der Waals surface area contributed by atoms with Crippen LogP contribution in [0.25, 0.3) is 0 Å². The Hall–Kier alpha value is -1.14. The summed E-state index contributed by atoms with van der Waals surface area (Å²) in [6, 6.07) is 0. The first-order chi connectivity index (χ1) is 25.8. The fourth-order valence-electron chi connectivity index (χ4n) is 7.35. The second-order valence-electron chi connectivity index (χ2n) is 17.3. The lowest BCUT2D eigenvalue weighted by atomic mass is 9.88. The van der Waals surface area contributed by atoms with Crippen molar-refractivity contribution in [2.75, 3.05) is 39.5 Å². The molecule has 0 aromatic heterocycles. The van der Waals surface area contributed by atoms with Gasteiger partial charge >= 0.3 is 11.9 Å². The number of hydrogen-bond donors (Lipinski definition) is 1. The Morgan fingerprint density at radius 3 is 1.40 bits per heavy atom. The first-order valence-electron chi connectivity index (χ1n) is 23.4. The van der Waals surface area contributed by atoms with Crippen LogP contribution in [0.2, 0.25) is 0 Å². The monoisotopic (exact) mass is 752 g/mol. The highest BCUT2D eigenvalue weighted by molar-refractivity contribution is 5.69. The summed E-state index contributed by atoms with van der Waals surface area (Å²) in [6.45, 7) is 15.9. The molecule has 0 unspecified atom stereocenters. The van der Waals surface area contributed by atoms with Crippen LogP contribution in [-0.4, -0.2) is 61.4 Å². The van der Waals surface area contributed by atoms with Crippen LogP contribution in [0.5, 0.6) is 0 Å². The molecule has 6 nitrogen and oxygen atoms in total. The van der Waals surface area contributed by atoms with Crippen molar-refractivity contribution in [2.45, 2.75) is 240 Å². The zero-order valence-electron chi connectivity index (χ0n) is 36.5. The number of esters is 2. The second-order valence-corrected chi connectivity index (χ2v) is 17.3. The quantitative estimate of drug-likeness (QED) is 0.0494. The average molecular weight is 752 g/mol. The van der Waals surface area contributed by atoms with Gasteiger partial charge < -0.3 is 19.5 Å². The average Bonchev–Trinajstić information content (AvgIpc) is 3.14. The first-order valence-corrected chi connectivity index (χ1v) is 23.4. The minimum atomic E-state index is -0.0291. The fourth-order valence-corrected chi connectivity index (χ4v) is 7.35. The van der Waals surface area contributed by atoms with Gasteiger partial charge in [0.1, 0.15) is 0 Å². The predicted octanol–water partition coefficient (Wildman–Crippen LogP) is 13.6. The van der Waals surface area contributed by atoms with Gasteiger partial charge in [-0.3, -0.25) is 9.59 Å². The van der Waals surface area contributed by atoms with E-state index in [0.717, 1.165) is 71.0 Å². The molecule has 0 saturated carbocycles. The summed E-state index contributed by atoms with van der Waals surface area (Å²) in [5, 5.41) is 9.30. The van der Waals surface area contributed by atoms with Gasteiger partial charge in [0.15, 0.2) is 0 Å². The smallest absolute Gasteiger partial charge is 0.305 e. The number of carbonyl (C=O) groups is 2. The van der Waals surface area contributed by atoms with E-state index in [1.807, 2.05) is 0 Å². The van der Waals surface area contributed by atoms with Crippen LogP contribution in [0, 0.1) is 11.3 Å². The summed E-state index contributed by atoms with van der Waals surface area (Å²) in [5.41, 5.74) is 0.0247. The Morgan fingerprint density at radius 1 is 0.509 bits per heavy atom. The van der Waals surface area contributed by atoms with Crippen molar-refractivity contribution >= 4 is 11.9 Å². The standard InChI is InChI=1S/C47H93NO5/c1-6-9-12-15-16-20-27-36-46(51)53-43-47(4,5)37-28-23-30-39-48(40-31-32-41-49)38-29-22-17-21-26-35-45(50)52-42-44(33-24-18-13-10-7-2)34-25-19-14-11-8-3/h44,49H,6-43H2,1-5H3. The molecule has 0 aliphatic rings. The van der Waals surface area contributed by atoms with Crippen molar-refractivity contribution in [3.8, 4) is 0 Å². The molecule has 0 amide bonds. The summed E-state index contributed by atoms with van der Waals surface area (Å²) in [5.74, 6) is 0.513. The third-order valence-electron chi connectivity index (χ3n) is 11.1. The van der Waals surface area contributed by atoms with E-state index in [0.29, 0.717) is 32.0 Å². The second kappa shape index (κ2) is 39.1. The van der Waals surface area contributed by atoms with Crippen molar-refractivity contribution in [3.05, 3.63) is 0 Å². The molecule has 0 saturated heterocycles. The highest BCUT2D eigenvalue weighted by Gasteiger charge is 2.20. The van der Waals surface area contributed by atoms with Crippen molar-refractivity contribution in [3.63, 3.8) is 0 Å². The fraction of sp³-hybridized carbons (Fsp3) is 0.957. The lowest BCUT2D eigenvalue weighted by molar-refractivity contribution is -0.147. The van der Waals surface area contributed by atoms with Gasteiger partial charge in [-0.1, -0.05) is 169 Å². The summed E-state index contributed by atoms with van der Waals surface area (Å²) in [6.07, 6.45) is 37.3. The van der Waals surface area contributed by atoms with E-state index >= 15 is 0 Å². The SMILES string of the molecule is CCCCCCCCCC(=O)OCC(C)(C)CCCCCN(CCCCO)CCCCCCCC(=O)OCC(CCCCCCC)CCCCCCC. The summed E-state index contributed by atoms with van der Waals surface area (Å²) in [7, 11) is 0. The van der Waals surface area contributed by atoms with Gasteiger partial charge in [0.05, 0.1) is 13.2 Å². The number of hydrogen-bond acceptors (Lipinski definition) is 6. The molecule has 1 N–H and O–H groups in total. The van der Waals surface area contributed by atoms with E-state index in [1.54, 1.807) is 0 Å². The topological polar surface area (TPSA) is 76.1 Å². The van der Waals surface area contributed by atoms with Crippen molar-refractivity contribution in [1.82, 2.24) is 4.90 Å². The van der Waals surface area contributed by atoms with E-state index < -0.39 is 0 Å². The molecule has 0 fully saturated rings.